The Bertz CT molecular complexity index is 869. The van der Waals surface area contributed by atoms with E-state index in [4.69, 9.17) is 0 Å². The van der Waals surface area contributed by atoms with Crippen LogP contribution in [0.5, 0.6) is 0 Å². The molecule has 1 saturated heterocycles. The van der Waals surface area contributed by atoms with Crippen LogP contribution in [0, 0.1) is 5.82 Å². The SMILES string of the molecule is Fc1cccc(-c2nccnc2[C@H]2CCCN(Cc3cccnc3)C2)c1. The van der Waals surface area contributed by atoms with Crippen LogP contribution in [0.1, 0.15) is 30.0 Å². The molecule has 3 aromatic rings. The van der Waals surface area contributed by atoms with E-state index in [0.29, 0.717) is 5.92 Å². The fourth-order valence-electron chi connectivity index (χ4n) is 3.68. The van der Waals surface area contributed by atoms with Crippen LogP contribution in [0.25, 0.3) is 11.3 Å². The van der Waals surface area contributed by atoms with Crippen molar-refractivity contribution in [2.75, 3.05) is 13.1 Å². The van der Waals surface area contributed by atoms with E-state index in [1.807, 2.05) is 18.3 Å². The van der Waals surface area contributed by atoms with Gasteiger partial charge in [0.1, 0.15) is 5.82 Å². The molecule has 1 atom stereocenters. The van der Waals surface area contributed by atoms with Gasteiger partial charge in [0.05, 0.1) is 11.4 Å². The first-order valence-corrected chi connectivity index (χ1v) is 8.98. The lowest BCUT2D eigenvalue weighted by atomic mass is 9.91. The number of rotatable bonds is 4. The maximum atomic E-state index is 13.7. The van der Waals surface area contributed by atoms with Gasteiger partial charge in [0.25, 0.3) is 0 Å². The molecule has 1 aromatic carbocycles. The predicted octanol–water partition coefficient (Wildman–Crippen LogP) is 4.06. The van der Waals surface area contributed by atoms with Crippen LogP contribution in [-0.2, 0) is 6.54 Å². The number of nitrogens with zero attached hydrogens (tertiary/aromatic N) is 4. The first-order chi connectivity index (χ1) is 12.8. The Morgan fingerprint density at radius 2 is 2.00 bits per heavy atom. The molecular formula is C21H21FN4. The van der Waals surface area contributed by atoms with Gasteiger partial charge in [-0.1, -0.05) is 18.2 Å². The molecule has 5 heteroatoms. The molecule has 1 aliphatic rings. The van der Waals surface area contributed by atoms with Crippen LogP contribution in [0.2, 0.25) is 0 Å². The summed E-state index contributed by atoms with van der Waals surface area (Å²) in [6.07, 6.45) is 9.32. The van der Waals surface area contributed by atoms with Crippen molar-refractivity contribution >= 4 is 0 Å². The molecule has 0 spiro atoms. The quantitative estimate of drug-likeness (QED) is 0.713. The van der Waals surface area contributed by atoms with Crippen molar-refractivity contribution in [3.05, 3.63) is 78.3 Å². The Morgan fingerprint density at radius 1 is 1.08 bits per heavy atom. The van der Waals surface area contributed by atoms with Crippen molar-refractivity contribution in [3.8, 4) is 11.3 Å². The lowest BCUT2D eigenvalue weighted by molar-refractivity contribution is 0.198. The Kier molecular flexibility index (Phi) is 4.97. The van der Waals surface area contributed by atoms with E-state index in [1.54, 1.807) is 24.7 Å². The fourth-order valence-corrected chi connectivity index (χ4v) is 3.68. The van der Waals surface area contributed by atoms with Crippen LogP contribution >= 0.6 is 0 Å². The molecular weight excluding hydrogens is 327 g/mol. The Balaban J connectivity index is 1.57. The standard InChI is InChI=1S/C21H21FN4/c22-19-7-1-5-17(12-19)20-21(25-10-9-24-20)18-6-3-11-26(15-18)14-16-4-2-8-23-13-16/h1-2,4-5,7-10,12-13,18H,3,6,11,14-15H2/t18-/m0/s1. The van der Waals surface area contributed by atoms with E-state index in [1.165, 1.54) is 17.7 Å². The first-order valence-electron chi connectivity index (χ1n) is 8.98. The molecule has 3 heterocycles. The second-order valence-corrected chi connectivity index (χ2v) is 6.74. The average Bonchev–Trinajstić information content (AvgIpc) is 2.69. The lowest BCUT2D eigenvalue weighted by Gasteiger charge is -2.33. The van der Waals surface area contributed by atoms with E-state index in [-0.39, 0.29) is 5.82 Å². The molecule has 132 valence electrons. The third kappa shape index (κ3) is 3.78. The topological polar surface area (TPSA) is 41.9 Å². The van der Waals surface area contributed by atoms with Crippen LogP contribution in [0.3, 0.4) is 0 Å². The van der Waals surface area contributed by atoms with E-state index in [9.17, 15) is 4.39 Å². The number of hydrogen-bond acceptors (Lipinski definition) is 4. The molecule has 1 fully saturated rings. The summed E-state index contributed by atoms with van der Waals surface area (Å²) in [6, 6.07) is 10.7. The van der Waals surface area contributed by atoms with E-state index in [2.05, 4.69) is 25.9 Å². The number of aromatic nitrogens is 3. The molecule has 2 aromatic heterocycles. The fraction of sp³-hybridized carbons (Fsp3) is 0.286. The molecule has 0 radical (unpaired) electrons. The number of hydrogen-bond donors (Lipinski definition) is 0. The number of halogens is 1. The summed E-state index contributed by atoms with van der Waals surface area (Å²) in [7, 11) is 0. The van der Waals surface area contributed by atoms with Gasteiger partial charge in [-0.15, -0.1) is 0 Å². The molecule has 26 heavy (non-hydrogen) atoms. The molecule has 0 saturated carbocycles. The van der Waals surface area contributed by atoms with E-state index >= 15 is 0 Å². The van der Waals surface area contributed by atoms with Gasteiger partial charge >= 0.3 is 0 Å². The summed E-state index contributed by atoms with van der Waals surface area (Å²) in [5.74, 6) is 0.0494. The maximum Gasteiger partial charge on any atom is 0.123 e. The molecule has 0 aliphatic carbocycles. The molecule has 0 bridgehead atoms. The Morgan fingerprint density at radius 3 is 2.85 bits per heavy atom. The zero-order chi connectivity index (χ0) is 17.8. The summed E-state index contributed by atoms with van der Waals surface area (Å²) >= 11 is 0. The molecule has 0 amide bonds. The molecule has 4 nitrogen and oxygen atoms in total. The summed E-state index contributed by atoms with van der Waals surface area (Å²) in [5, 5.41) is 0. The van der Waals surface area contributed by atoms with Gasteiger partial charge in [-0.25, -0.2) is 4.39 Å². The van der Waals surface area contributed by atoms with Crippen molar-refractivity contribution in [2.45, 2.75) is 25.3 Å². The van der Waals surface area contributed by atoms with Gasteiger partial charge < -0.3 is 0 Å². The Labute approximate surface area is 152 Å². The predicted molar refractivity (Wildman–Crippen MR) is 98.9 cm³/mol. The number of likely N-dealkylation sites (tertiary alicyclic amines) is 1. The van der Waals surface area contributed by atoms with Crippen molar-refractivity contribution in [2.24, 2.45) is 0 Å². The Hall–Kier alpha value is -2.66. The van der Waals surface area contributed by atoms with E-state index < -0.39 is 0 Å². The minimum atomic E-state index is -0.249. The molecule has 0 unspecified atom stereocenters. The van der Waals surface area contributed by atoms with E-state index in [0.717, 1.165) is 49.4 Å². The van der Waals surface area contributed by atoms with Crippen LogP contribution in [0.15, 0.2) is 61.2 Å². The highest BCUT2D eigenvalue weighted by Gasteiger charge is 2.25. The molecule has 1 aliphatic heterocycles. The minimum absolute atomic E-state index is 0.249. The highest BCUT2D eigenvalue weighted by Crippen LogP contribution is 2.32. The van der Waals surface area contributed by atoms with Gasteiger partial charge in [0, 0.05) is 49.4 Å². The first kappa shape index (κ1) is 16.8. The molecule has 4 rings (SSSR count). The molecule has 0 N–H and O–H groups in total. The second kappa shape index (κ2) is 7.70. The highest BCUT2D eigenvalue weighted by molar-refractivity contribution is 5.62. The summed E-state index contributed by atoms with van der Waals surface area (Å²) in [5.41, 5.74) is 3.77. The zero-order valence-corrected chi connectivity index (χ0v) is 14.6. The maximum absolute atomic E-state index is 13.7. The van der Waals surface area contributed by atoms with Crippen LogP contribution in [0.4, 0.5) is 4.39 Å². The highest BCUT2D eigenvalue weighted by atomic mass is 19.1. The van der Waals surface area contributed by atoms with Gasteiger partial charge in [-0.2, -0.15) is 0 Å². The largest absolute Gasteiger partial charge is 0.298 e. The third-order valence-corrected chi connectivity index (χ3v) is 4.85. The van der Waals surface area contributed by atoms with Gasteiger partial charge in [-0.05, 0) is 43.1 Å². The third-order valence-electron chi connectivity index (χ3n) is 4.85. The van der Waals surface area contributed by atoms with Gasteiger partial charge in [0.2, 0.25) is 0 Å². The smallest absolute Gasteiger partial charge is 0.123 e. The van der Waals surface area contributed by atoms with Crippen molar-refractivity contribution < 1.29 is 4.39 Å². The van der Waals surface area contributed by atoms with Crippen LogP contribution in [-0.4, -0.2) is 32.9 Å². The zero-order valence-electron chi connectivity index (χ0n) is 14.6. The summed E-state index contributed by atoms with van der Waals surface area (Å²) in [4.78, 5) is 15.8. The van der Waals surface area contributed by atoms with Crippen molar-refractivity contribution in [1.29, 1.82) is 0 Å². The van der Waals surface area contributed by atoms with Crippen molar-refractivity contribution in [1.82, 2.24) is 19.9 Å². The lowest BCUT2D eigenvalue weighted by Crippen LogP contribution is -2.34. The van der Waals surface area contributed by atoms with Crippen molar-refractivity contribution in [3.63, 3.8) is 0 Å². The number of pyridine rings is 1. The average molecular weight is 348 g/mol. The van der Waals surface area contributed by atoms with Crippen LogP contribution < -0.4 is 0 Å². The number of benzene rings is 1. The second-order valence-electron chi connectivity index (χ2n) is 6.74. The monoisotopic (exact) mass is 348 g/mol. The summed E-state index contributed by atoms with van der Waals surface area (Å²) in [6.45, 7) is 2.89. The van der Waals surface area contributed by atoms with Gasteiger partial charge in [0.15, 0.2) is 0 Å². The number of piperidine rings is 1. The van der Waals surface area contributed by atoms with Gasteiger partial charge in [-0.3, -0.25) is 19.9 Å². The summed E-state index contributed by atoms with van der Waals surface area (Å²) < 4.78 is 13.7. The normalized spacial score (nSPS) is 18.0. The minimum Gasteiger partial charge on any atom is -0.298 e.